The highest BCUT2D eigenvalue weighted by Crippen LogP contribution is 2.11. The first-order chi connectivity index (χ1) is 8.74. The minimum absolute atomic E-state index is 0.115. The standard InChI is InChI=1S/C13H17BrN2O2/c14-11-4-1-3-10(9-11)6-7-15-13(17)16-12-5-2-8-18-12/h1,3-4,9,12H,2,5-8H2,(H2,15,16,17). The molecular weight excluding hydrogens is 296 g/mol. The molecule has 2 amide bonds. The average Bonchev–Trinajstić information content (AvgIpc) is 2.82. The molecule has 1 atom stereocenters. The predicted octanol–water partition coefficient (Wildman–Crippen LogP) is 2.43. The number of carbonyl (C=O) groups excluding carboxylic acids is 1. The van der Waals surface area contributed by atoms with Crippen LogP contribution < -0.4 is 10.6 Å². The Labute approximate surface area is 115 Å². The third kappa shape index (κ3) is 4.31. The summed E-state index contributed by atoms with van der Waals surface area (Å²) in [5.74, 6) is 0. The van der Waals surface area contributed by atoms with E-state index < -0.39 is 0 Å². The van der Waals surface area contributed by atoms with Gasteiger partial charge in [0, 0.05) is 17.6 Å². The van der Waals surface area contributed by atoms with Gasteiger partial charge in [-0.25, -0.2) is 4.79 Å². The summed E-state index contributed by atoms with van der Waals surface area (Å²) in [7, 11) is 0. The molecule has 1 aliphatic rings. The van der Waals surface area contributed by atoms with E-state index in [-0.39, 0.29) is 12.3 Å². The quantitative estimate of drug-likeness (QED) is 0.897. The number of nitrogens with one attached hydrogen (secondary N) is 2. The van der Waals surface area contributed by atoms with Crippen LogP contribution in [0.25, 0.3) is 0 Å². The van der Waals surface area contributed by atoms with Gasteiger partial charge in [0.2, 0.25) is 0 Å². The van der Waals surface area contributed by atoms with Crippen molar-refractivity contribution in [2.24, 2.45) is 0 Å². The lowest BCUT2D eigenvalue weighted by atomic mass is 10.1. The van der Waals surface area contributed by atoms with Gasteiger partial charge in [-0.15, -0.1) is 0 Å². The number of ether oxygens (including phenoxy) is 1. The largest absolute Gasteiger partial charge is 0.358 e. The minimum Gasteiger partial charge on any atom is -0.358 e. The summed E-state index contributed by atoms with van der Waals surface area (Å²) in [6, 6.07) is 7.92. The minimum atomic E-state index is -0.156. The summed E-state index contributed by atoms with van der Waals surface area (Å²) >= 11 is 3.43. The van der Waals surface area contributed by atoms with Gasteiger partial charge in [0.1, 0.15) is 6.23 Å². The fourth-order valence-corrected chi connectivity index (χ4v) is 2.35. The zero-order valence-electron chi connectivity index (χ0n) is 10.1. The van der Waals surface area contributed by atoms with Crippen molar-refractivity contribution in [2.75, 3.05) is 13.2 Å². The van der Waals surface area contributed by atoms with Crippen molar-refractivity contribution in [3.63, 3.8) is 0 Å². The van der Waals surface area contributed by atoms with Crippen molar-refractivity contribution in [3.8, 4) is 0 Å². The molecule has 2 N–H and O–H groups in total. The second kappa shape index (κ2) is 6.75. The highest BCUT2D eigenvalue weighted by atomic mass is 79.9. The smallest absolute Gasteiger partial charge is 0.316 e. The zero-order chi connectivity index (χ0) is 12.8. The lowest BCUT2D eigenvalue weighted by Crippen LogP contribution is -2.42. The van der Waals surface area contributed by atoms with Crippen molar-refractivity contribution in [2.45, 2.75) is 25.5 Å². The summed E-state index contributed by atoms with van der Waals surface area (Å²) in [5.41, 5.74) is 1.20. The van der Waals surface area contributed by atoms with E-state index in [1.54, 1.807) is 0 Å². The maximum atomic E-state index is 11.5. The molecule has 0 saturated carbocycles. The summed E-state index contributed by atoms with van der Waals surface area (Å²) in [4.78, 5) is 11.5. The van der Waals surface area contributed by atoms with Gasteiger partial charge in [0.15, 0.2) is 0 Å². The Kier molecular flexibility index (Phi) is 5.01. The van der Waals surface area contributed by atoms with Gasteiger partial charge in [-0.1, -0.05) is 28.1 Å². The van der Waals surface area contributed by atoms with Crippen LogP contribution in [0, 0.1) is 0 Å². The summed E-state index contributed by atoms with van der Waals surface area (Å²) in [6.45, 7) is 1.36. The number of benzene rings is 1. The first-order valence-corrected chi connectivity index (χ1v) is 6.94. The van der Waals surface area contributed by atoms with E-state index >= 15 is 0 Å². The van der Waals surface area contributed by atoms with E-state index in [1.807, 2.05) is 18.2 Å². The van der Waals surface area contributed by atoms with Crippen LogP contribution in [0.5, 0.6) is 0 Å². The van der Waals surface area contributed by atoms with E-state index in [9.17, 15) is 4.79 Å². The summed E-state index contributed by atoms with van der Waals surface area (Å²) < 4.78 is 6.38. The van der Waals surface area contributed by atoms with Crippen LogP contribution in [-0.4, -0.2) is 25.4 Å². The zero-order valence-corrected chi connectivity index (χ0v) is 11.7. The molecule has 1 aromatic rings. The molecule has 2 rings (SSSR count). The molecule has 98 valence electrons. The molecule has 1 unspecified atom stereocenters. The predicted molar refractivity (Wildman–Crippen MR) is 73.4 cm³/mol. The maximum absolute atomic E-state index is 11.5. The molecule has 1 saturated heterocycles. The second-order valence-electron chi connectivity index (χ2n) is 4.28. The highest BCUT2D eigenvalue weighted by Gasteiger charge is 2.16. The van der Waals surface area contributed by atoms with Crippen LogP contribution in [0.3, 0.4) is 0 Å². The molecular formula is C13H17BrN2O2. The van der Waals surface area contributed by atoms with Gasteiger partial charge in [-0.3, -0.25) is 0 Å². The lowest BCUT2D eigenvalue weighted by molar-refractivity contribution is 0.0908. The molecule has 18 heavy (non-hydrogen) atoms. The lowest BCUT2D eigenvalue weighted by Gasteiger charge is -2.12. The molecule has 4 nitrogen and oxygen atoms in total. The molecule has 0 radical (unpaired) electrons. The van der Waals surface area contributed by atoms with Crippen molar-refractivity contribution >= 4 is 22.0 Å². The third-order valence-electron chi connectivity index (χ3n) is 2.81. The van der Waals surface area contributed by atoms with E-state index in [0.717, 1.165) is 30.3 Å². The fourth-order valence-electron chi connectivity index (χ4n) is 1.90. The Morgan fingerprint density at radius 3 is 3.11 bits per heavy atom. The van der Waals surface area contributed by atoms with Crippen molar-refractivity contribution in [1.82, 2.24) is 10.6 Å². The van der Waals surface area contributed by atoms with Crippen LogP contribution in [0.2, 0.25) is 0 Å². The van der Waals surface area contributed by atoms with E-state index in [2.05, 4.69) is 32.6 Å². The van der Waals surface area contributed by atoms with E-state index in [0.29, 0.717) is 6.54 Å². The molecule has 0 aliphatic carbocycles. The first-order valence-electron chi connectivity index (χ1n) is 6.14. The number of halogens is 1. The van der Waals surface area contributed by atoms with Crippen molar-refractivity contribution in [1.29, 1.82) is 0 Å². The SMILES string of the molecule is O=C(NCCc1cccc(Br)c1)NC1CCCO1. The number of amides is 2. The maximum Gasteiger partial charge on any atom is 0.316 e. The molecule has 1 aliphatic heterocycles. The van der Waals surface area contributed by atoms with Gasteiger partial charge >= 0.3 is 6.03 Å². The Morgan fingerprint density at radius 1 is 1.50 bits per heavy atom. The number of hydrogen-bond donors (Lipinski definition) is 2. The van der Waals surface area contributed by atoms with Crippen molar-refractivity contribution < 1.29 is 9.53 Å². The van der Waals surface area contributed by atoms with Gasteiger partial charge in [0.25, 0.3) is 0 Å². The van der Waals surface area contributed by atoms with Gasteiger partial charge in [-0.2, -0.15) is 0 Å². The molecule has 0 spiro atoms. The fraction of sp³-hybridized carbons (Fsp3) is 0.462. The monoisotopic (exact) mass is 312 g/mol. The molecule has 1 fully saturated rings. The van der Waals surface area contributed by atoms with Crippen LogP contribution in [-0.2, 0) is 11.2 Å². The highest BCUT2D eigenvalue weighted by molar-refractivity contribution is 9.10. The molecule has 1 aromatic carbocycles. The van der Waals surface area contributed by atoms with Crippen LogP contribution in [0.15, 0.2) is 28.7 Å². The normalized spacial score (nSPS) is 18.6. The van der Waals surface area contributed by atoms with Gasteiger partial charge in [-0.05, 0) is 37.0 Å². The second-order valence-corrected chi connectivity index (χ2v) is 5.20. The number of carbonyl (C=O) groups is 1. The van der Waals surface area contributed by atoms with Crippen LogP contribution in [0.1, 0.15) is 18.4 Å². The van der Waals surface area contributed by atoms with Crippen molar-refractivity contribution in [3.05, 3.63) is 34.3 Å². The van der Waals surface area contributed by atoms with Crippen LogP contribution in [0.4, 0.5) is 4.79 Å². The third-order valence-corrected chi connectivity index (χ3v) is 3.30. The number of hydrogen-bond acceptors (Lipinski definition) is 2. The van der Waals surface area contributed by atoms with E-state index in [1.165, 1.54) is 5.56 Å². The summed E-state index contributed by atoms with van der Waals surface area (Å²) in [5, 5.41) is 5.63. The Hall–Kier alpha value is -1.07. The van der Waals surface area contributed by atoms with Crippen LogP contribution >= 0.6 is 15.9 Å². The summed E-state index contributed by atoms with van der Waals surface area (Å²) in [6.07, 6.45) is 2.62. The topological polar surface area (TPSA) is 50.4 Å². The Balaban J connectivity index is 1.66. The molecule has 0 aromatic heterocycles. The molecule has 5 heteroatoms. The molecule has 1 heterocycles. The Bertz CT molecular complexity index is 406. The number of rotatable bonds is 4. The van der Waals surface area contributed by atoms with E-state index in [4.69, 9.17) is 4.74 Å². The molecule has 0 bridgehead atoms. The Morgan fingerprint density at radius 2 is 2.39 bits per heavy atom. The number of urea groups is 1. The van der Waals surface area contributed by atoms with Gasteiger partial charge < -0.3 is 15.4 Å². The average molecular weight is 313 g/mol. The first kappa shape index (κ1) is 13.4. The van der Waals surface area contributed by atoms with Gasteiger partial charge in [0.05, 0.1) is 0 Å².